The molecule has 0 bridgehead atoms. The Morgan fingerprint density at radius 2 is 1.90 bits per heavy atom. The second kappa shape index (κ2) is 5.97. The maximum Gasteiger partial charge on any atom is 0.243 e. The van der Waals surface area contributed by atoms with E-state index in [4.69, 9.17) is 5.84 Å². The molecule has 0 atom stereocenters. The van der Waals surface area contributed by atoms with Crippen LogP contribution >= 0.6 is 11.3 Å². The molecule has 0 fully saturated rings. The summed E-state index contributed by atoms with van der Waals surface area (Å²) in [6, 6.07) is 0. The fourth-order valence-electron chi connectivity index (χ4n) is 1.55. The van der Waals surface area contributed by atoms with Crippen LogP contribution in [0.4, 0.5) is 17.8 Å². The van der Waals surface area contributed by atoms with E-state index in [1.165, 1.54) is 4.88 Å². The summed E-state index contributed by atoms with van der Waals surface area (Å²) in [4.78, 5) is 22.0. The van der Waals surface area contributed by atoms with Gasteiger partial charge in [-0.3, -0.25) is 5.43 Å². The van der Waals surface area contributed by atoms with Crippen LogP contribution in [0.15, 0.2) is 5.51 Å². The van der Waals surface area contributed by atoms with Crippen molar-refractivity contribution in [1.29, 1.82) is 0 Å². The fourth-order valence-corrected chi connectivity index (χ4v) is 2.38. The minimum atomic E-state index is 0.339. The number of aryl methyl sites for hydroxylation is 1. The predicted octanol–water partition coefficient (Wildman–Crippen LogP) is 0.625. The summed E-state index contributed by atoms with van der Waals surface area (Å²) in [5, 5.41) is 0. The zero-order valence-electron chi connectivity index (χ0n) is 12.0. The average molecular weight is 294 g/mol. The molecule has 2 rings (SSSR count). The Bertz CT molecular complexity index is 582. The van der Waals surface area contributed by atoms with Gasteiger partial charge in [0.1, 0.15) is 0 Å². The van der Waals surface area contributed by atoms with Crippen molar-refractivity contribution >= 4 is 29.2 Å². The highest BCUT2D eigenvalue weighted by Gasteiger charge is 2.13. The molecule has 0 amide bonds. The van der Waals surface area contributed by atoms with Crippen molar-refractivity contribution in [3.8, 4) is 0 Å². The lowest BCUT2D eigenvalue weighted by atomic mass is 10.4. The molecule has 0 spiro atoms. The number of nitrogens with one attached hydrogen (secondary N) is 1. The van der Waals surface area contributed by atoms with E-state index in [-0.39, 0.29) is 0 Å². The molecule has 2 aromatic heterocycles. The zero-order valence-corrected chi connectivity index (χ0v) is 12.8. The number of nitrogens with two attached hydrogens (primary N) is 1. The third-order valence-electron chi connectivity index (χ3n) is 2.71. The smallest absolute Gasteiger partial charge is 0.243 e. The SMILES string of the molecule is Cc1ncsc1CN(C)c1nc(NN)nc(N(C)C)n1. The monoisotopic (exact) mass is 294 g/mol. The largest absolute Gasteiger partial charge is 0.347 e. The summed E-state index contributed by atoms with van der Waals surface area (Å²) < 4.78 is 0. The van der Waals surface area contributed by atoms with E-state index in [1.54, 1.807) is 16.2 Å². The van der Waals surface area contributed by atoms with Crippen LogP contribution in [0.2, 0.25) is 0 Å². The number of aromatic nitrogens is 4. The lowest BCUT2D eigenvalue weighted by molar-refractivity contribution is 0.845. The Balaban J connectivity index is 2.26. The number of rotatable bonds is 5. The Morgan fingerprint density at radius 1 is 1.20 bits per heavy atom. The van der Waals surface area contributed by atoms with Crippen LogP contribution in [0, 0.1) is 6.92 Å². The topological polar surface area (TPSA) is 96.1 Å². The molecule has 2 aromatic rings. The molecule has 0 aromatic carbocycles. The molecule has 0 aliphatic heterocycles. The van der Waals surface area contributed by atoms with E-state index in [9.17, 15) is 0 Å². The number of hydrogen-bond donors (Lipinski definition) is 2. The molecule has 0 radical (unpaired) electrons. The minimum Gasteiger partial charge on any atom is -0.347 e. The second-order valence-corrected chi connectivity index (χ2v) is 5.45. The quantitative estimate of drug-likeness (QED) is 0.612. The van der Waals surface area contributed by atoms with Crippen LogP contribution < -0.4 is 21.1 Å². The first-order valence-corrected chi connectivity index (χ1v) is 6.89. The van der Waals surface area contributed by atoms with Crippen molar-refractivity contribution in [2.75, 3.05) is 36.4 Å². The molecular weight excluding hydrogens is 276 g/mol. The summed E-state index contributed by atoms with van der Waals surface area (Å²) >= 11 is 1.62. The third-order valence-corrected chi connectivity index (χ3v) is 3.63. The van der Waals surface area contributed by atoms with Crippen molar-refractivity contribution in [1.82, 2.24) is 19.9 Å². The van der Waals surface area contributed by atoms with Crippen molar-refractivity contribution in [2.24, 2.45) is 5.84 Å². The summed E-state index contributed by atoms with van der Waals surface area (Å²) in [5.74, 6) is 6.85. The van der Waals surface area contributed by atoms with Crippen molar-refractivity contribution in [2.45, 2.75) is 13.5 Å². The second-order valence-electron chi connectivity index (χ2n) is 4.51. The van der Waals surface area contributed by atoms with Crippen LogP contribution in [-0.4, -0.2) is 41.1 Å². The maximum absolute atomic E-state index is 5.40. The summed E-state index contributed by atoms with van der Waals surface area (Å²) in [6.07, 6.45) is 0. The van der Waals surface area contributed by atoms with Crippen molar-refractivity contribution < 1.29 is 0 Å². The molecule has 9 heteroatoms. The number of anilines is 3. The fraction of sp³-hybridized carbons (Fsp3) is 0.455. The third kappa shape index (κ3) is 3.11. The number of thiazole rings is 1. The highest BCUT2D eigenvalue weighted by molar-refractivity contribution is 7.09. The molecule has 108 valence electrons. The van der Waals surface area contributed by atoms with Gasteiger partial charge in [-0.15, -0.1) is 11.3 Å². The molecule has 2 heterocycles. The molecule has 0 saturated heterocycles. The van der Waals surface area contributed by atoms with E-state index in [2.05, 4.69) is 25.4 Å². The highest BCUT2D eigenvalue weighted by atomic mass is 32.1. The van der Waals surface area contributed by atoms with Gasteiger partial charge in [-0.25, -0.2) is 10.8 Å². The Labute approximate surface area is 121 Å². The zero-order chi connectivity index (χ0) is 14.7. The van der Waals surface area contributed by atoms with Gasteiger partial charge in [0, 0.05) is 26.0 Å². The Morgan fingerprint density at radius 3 is 2.45 bits per heavy atom. The Hall–Kier alpha value is -2.00. The molecule has 0 aliphatic rings. The van der Waals surface area contributed by atoms with Gasteiger partial charge in [0.05, 0.1) is 17.7 Å². The summed E-state index contributed by atoms with van der Waals surface area (Å²) in [5.41, 5.74) is 5.33. The van der Waals surface area contributed by atoms with Gasteiger partial charge in [0.2, 0.25) is 17.8 Å². The van der Waals surface area contributed by atoms with E-state index in [0.29, 0.717) is 24.4 Å². The number of nitrogens with zero attached hydrogens (tertiary/aromatic N) is 6. The first-order valence-electron chi connectivity index (χ1n) is 6.01. The van der Waals surface area contributed by atoms with E-state index in [0.717, 1.165) is 5.69 Å². The van der Waals surface area contributed by atoms with Gasteiger partial charge >= 0.3 is 0 Å². The van der Waals surface area contributed by atoms with Gasteiger partial charge in [0.25, 0.3) is 0 Å². The standard InChI is InChI=1S/C11H18N8S/c1-7-8(20-6-13-7)5-19(4)11-15-9(17-12)14-10(16-11)18(2)3/h6H,5,12H2,1-4H3,(H,14,15,16,17). The van der Waals surface area contributed by atoms with E-state index < -0.39 is 0 Å². The minimum absolute atomic E-state index is 0.339. The van der Waals surface area contributed by atoms with Crippen LogP contribution in [0.3, 0.4) is 0 Å². The van der Waals surface area contributed by atoms with Gasteiger partial charge in [-0.1, -0.05) is 0 Å². The molecular formula is C11H18N8S. The van der Waals surface area contributed by atoms with Gasteiger partial charge < -0.3 is 9.80 Å². The number of nitrogen functional groups attached to an aromatic ring is 1. The van der Waals surface area contributed by atoms with Crippen LogP contribution in [0.1, 0.15) is 10.6 Å². The summed E-state index contributed by atoms with van der Waals surface area (Å²) in [6.45, 7) is 2.68. The predicted molar refractivity (Wildman–Crippen MR) is 80.9 cm³/mol. The molecule has 20 heavy (non-hydrogen) atoms. The lowest BCUT2D eigenvalue weighted by Gasteiger charge is -2.19. The van der Waals surface area contributed by atoms with Crippen LogP contribution in [0.25, 0.3) is 0 Å². The average Bonchev–Trinajstić information content (AvgIpc) is 2.83. The lowest BCUT2D eigenvalue weighted by Crippen LogP contribution is -2.23. The number of hydrogen-bond acceptors (Lipinski definition) is 9. The first-order chi connectivity index (χ1) is 9.51. The number of hydrazine groups is 1. The van der Waals surface area contributed by atoms with Gasteiger partial charge in [-0.2, -0.15) is 15.0 Å². The van der Waals surface area contributed by atoms with E-state index >= 15 is 0 Å². The molecule has 0 saturated carbocycles. The maximum atomic E-state index is 5.40. The molecule has 3 N–H and O–H groups in total. The van der Waals surface area contributed by atoms with E-state index in [1.807, 2.05) is 38.5 Å². The summed E-state index contributed by atoms with van der Waals surface area (Å²) in [7, 11) is 5.66. The van der Waals surface area contributed by atoms with Crippen LogP contribution in [0.5, 0.6) is 0 Å². The Kier molecular flexibility index (Phi) is 4.30. The van der Waals surface area contributed by atoms with Crippen molar-refractivity contribution in [3.63, 3.8) is 0 Å². The molecule has 0 unspecified atom stereocenters. The molecule has 8 nitrogen and oxygen atoms in total. The van der Waals surface area contributed by atoms with Gasteiger partial charge in [0.15, 0.2) is 0 Å². The van der Waals surface area contributed by atoms with Gasteiger partial charge in [-0.05, 0) is 6.92 Å². The normalized spacial score (nSPS) is 10.4. The van der Waals surface area contributed by atoms with Crippen molar-refractivity contribution in [3.05, 3.63) is 16.1 Å². The first kappa shape index (κ1) is 14.4. The van der Waals surface area contributed by atoms with Crippen LogP contribution in [-0.2, 0) is 6.54 Å². The highest BCUT2D eigenvalue weighted by Crippen LogP contribution is 2.19. The molecule has 0 aliphatic carbocycles.